The Morgan fingerprint density at radius 2 is 1.51 bits per heavy atom. The number of piperidine rings is 1. The number of carbonyl (C=O) groups excluding carboxylic acids is 3. The van der Waals surface area contributed by atoms with Gasteiger partial charge in [-0.15, -0.1) is 0 Å². The first-order valence-corrected chi connectivity index (χ1v) is 16.1. The normalized spacial score (nSPS) is 16.4. The molecular weight excluding hydrogens is 592 g/mol. The van der Waals surface area contributed by atoms with Crippen LogP contribution in [0.3, 0.4) is 0 Å². The number of ether oxygens (including phenoxy) is 1. The van der Waals surface area contributed by atoms with Crippen LogP contribution >= 0.6 is 0 Å². The number of nitrogens with two attached hydrogens (primary N) is 1. The van der Waals surface area contributed by atoms with Gasteiger partial charge in [0.15, 0.2) is 5.78 Å². The van der Waals surface area contributed by atoms with E-state index in [1.54, 1.807) is 11.0 Å². The van der Waals surface area contributed by atoms with Crippen LogP contribution in [-0.4, -0.2) is 66.9 Å². The van der Waals surface area contributed by atoms with E-state index in [4.69, 9.17) is 15.5 Å². The zero-order chi connectivity index (χ0) is 32.6. The van der Waals surface area contributed by atoms with E-state index in [9.17, 15) is 14.4 Å². The van der Waals surface area contributed by atoms with E-state index in [0.717, 1.165) is 47.7 Å². The number of piperazine rings is 1. The number of nitrogens with one attached hydrogen (secondary N) is 1. The first-order valence-electron chi connectivity index (χ1n) is 16.1. The summed E-state index contributed by atoms with van der Waals surface area (Å²) in [5.41, 5.74) is 9.54. The number of primary amides is 1. The third kappa shape index (κ3) is 8.07. The molecule has 6 rings (SSSR count). The molecule has 2 saturated heterocycles. The summed E-state index contributed by atoms with van der Waals surface area (Å²) in [6, 6.07) is 30.5. The number of hydrogen-bond donors (Lipinski definition) is 2. The van der Waals surface area contributed by atoms with E-state index in [1.165, 1.54) is 0 Å². The van der Waals surface area contributed by atoms with Crippen LogP contribution in [0, 0.1) is 5.92 Å². The lowest BCUT2D eigenvalue weighted by molar-refractivity contribution is 0.0938. The second-order valence-corrected chi connectivity index (χ2v) is 12.1. The van der Waals surface area contributed by atoms with Crippen LogP contribution in [0.25, 0.3) is 0 Å². The molecule has 0 unspecified atom stereocenters. The number of nitrogens with zero attached hydrogens (tertiary/aromatic N) is 4. The zero-order valence-corrected chi connectivity index (χ0v) is 26.4. The van der Waals surface area contributed by atoms with Crippen LogP contribution in [0.2, 0.25) is 0 Å². The summed E-state index contributed by atoms with van der Waals surface area (Å²) < 4.78 is 5.50. The molecule has 0 saturated carbocycles. The van der Waals surface area contributed by atoms with Crippen molar-refractivity contribution in [2.45, 2.75) is 25.9 Å². The predicted molar refractivity (Wildman–Crippen MR) is 183 cm³/mol. The molecule has 0 bridgehead atoms. The van der Waals surface area contributed by atoms with Crippen LogP contribution in [0.5, 0.6) is 0 Å². The zero-order valence-electron chi connectivity index (χ0n) is 26.4. The summed E-state index contributed by atoms with van der Waals surface area (Å²) >= 11 is 0. The Labute approximate surface area is 275 Å². The molecule has 1 atom stereocenters. The topological polar surface area (TPSA) is 121 Å². The van der Waals surface area contributed by atoms with Crippen molar-refractivity contribution >= 4 is 40.8 Å². The van der Waals surface area contributed by atoms with Gasteiger partial charge in [-0.3, -0.25) is 9.59 Å². The molecule has 4 aromatic rings. The number of amides is 2. The van der Waals surface area contributed by atoms with Gasteiger partial charge >= 0.3 is 6.09 Å². The minimum Gasteiger partial charge on any atom is -0.445 e. The fraction of sp³-hybridized carbons (Fsp3) is 0.297. The minimum atomic E-state index is -0.562. The SMILES string of the molecule is NC(=O)c1ccc(N2CCC[C@@H](CC(=O)c3ccccc3)C2)nc1Nc1ccc(N2CCN(C(=O)OCc3ccccc3)CC2)cc1. The highest BCUT2D eigenvalue weighted by Gasteiger charge is 2.25. The monoisotopic (exact) mass is 632 g/mol. The summed E-state index contributed by atoms with van der Waals surface area (Å²) in [6.07, 6.45) is 2.14. The molecule has 2 aliphatic rings. The van der Waals surface area contributed by atoms with Crippen molar-refractivity contribution in [2.24, 2.45) is 11.7 Å². The maximum atomic E-state index is 12.8. The average molecular weight is 633 g/mol. The highest BCUT2D eigenvalue weighted by molar-refractivity contribution is 5.98. The van der Waals surface area contributed by atoms with Crippen molar-refractivity contribution in [3.8, 4) is 0 Å². The van der Waals surface area contributed by atoms with Crippen LogP contribution in [-0.2, 0) is 11.3 Å². The molecular formula is C37H40N6O4. The van der Waals surface area contributed by atoms with Gasteiger partial charge in [0.25, 0.3) is 5.91 Å². The van der Waals surface area contributed by atoms with Gasteiger partial charge in [0.05, 0.1) is 5.56 Å². The lowest BCUT2D eigenvalue weighted by Crippen LogP contribution is -2.48. The van der Waals surface area contributed by atoms with Gasteiger partial charge in [-0.25, -0.2) is 9.78 Å². The van der Waals surface area contributed by atoms with E-state index in [-0.39, 0.29) is 24.4 Å². The molecule has 0 aliphatic carbocycles. The maximum Gasteiger partial charge on any atom is 0.410 e. The molecule has 3 aromatic carbocycles. The van der Waals surface area contributed by atoms with Crippen molar-refractivity contribution in [1.29, 1.82) is 0 Å². The summed E-state index contributed by atoms with van der Waals surface area (Å²) in [5.74, 6) is 0.954. The lowest BCUT2D eigenvalue weighted by atomic mass is 9.91. The highest BCUT2D eigenvalue weighted by Crippen LogP contribution is 2.29. The van der Waals surface area contributed by atoms with E-state index in [0.29, 0.717) is 50.5 Å². The van der Waals surface area contributed by atoms with Crippen LogP contribution in [0.1, 0.15) is 45.5 Å². The molecule has 0 radical (unpaired) electrons. The van der Waals surface area contributed by atoms with Gasteiger partial charge in [0.2, 0.25) is 0 Å². The van der Waals surface area contributed by atoms with Gasteiger partial charge in [0, 0.05) is 62.6 Å². The quantitative estimate of drug-likeness (QED) is 0.208. The Hall–Kier alpha value is -5.38. The van der Waals surface area contributed by atoms with E-state index >= 15 is 0 Å². The lowest BCUT2D eigenvalue weighted by Gasteiger charge is -2.35. The minimum absolute atomic E-state index is 0.156. The highest BCUT2D eigenvalue weighted by atomic mass is 16.6. The summed E-state index contributed by atoms with van der Waals surface area (Å²) in [6.45, 7) is 4.33. The first kappa shape index (κ1) is 31.6. The van der Waals surface area contributed by atoms with Gasteiger partial charge in [0.1, 0.15) is 18.2 Å². The summed E-state index contributed by atoms with van der Waals surface area (Å²) in [7, 11) is 0. The number of pyridine rings is 1. The van der Waals surface area contributed by atoms with Crippen molar-refractivity contribution in [2.75, 3.05) is 54.4 Å². The van der Waals surface area contributed by atoms with Gasteiger partial charge in [-0.1, -0.05) is 60.7 Å². The number of aromatic nitrogens is 1. The molecule has 2 fully saturated rings. The fourth-order valence-corrected chi connectivity index (χ4v) is 6.21. The van der Waals surface area contributed by atoms with E-state index in [2.05, 4.69) is 15.1 Å². The van der Waals surface area contributed by atoms with E-state index in [1.807, 2.05) is 91.0 Å². The molecule has 3 N–H and O–H groups in total. The van der Waals surface area contributed by atoms with Gasteiger partial charge < -0.3 is 30.5 Å². The number of hydrogen-bond acceptors (Lipinski definition) is 8. The molecule has 2 aliphatic heterocycles. The van der Waals surface area contributed by atoms with Gasteiger partial charge in [-0.05, 0) is 60.7 Å². The number of rotatable bonds is 10. The van der Waals surface area contributed by atoms with Crippen molar-refractivity contribution in [3.63, 3.8) is 0 Å². The molecule has 47 heavy (non-hydrogen) atoms. The number of carbonyl (C=O) groups is 3. The molecule has 0 spiro atoms. The Morgan fingerprint density at radius 1 is 0.809 bits per heavy atom. The molecule has 3 heterocycles. The van der Waals surface area contributed by atoms with Crippen molar-refractivity contribution < 1.29 is 19.1 Å². The molecule has 242 valence electrons. The maximum absolute atomic E-state index is 12.8. The number of Topliss-reactive ketones (excluding diaryl/α,β-unsaturated/α-hetero) is 1. The Balaban J connectivity index is 1.05. The third-order valence-electron chi connectivity index (χ3n) is 8.80. The standard InChI is InChI=1S/C37H40N6O4/c38-35(45)32-17-18-34(43-19-7-10-28(25-43)24-33(44)29-11-5-2-6-12-29)40-36(32)39-30-13-15-31(16-14-30)41-20-22-42(23-21-41)37(46)47-26-27-8-3-1-4-9-27/h1-6,8-9,11-18,28H,7,10,19-26H2,(H2,38,45)(H,39,40)/t28-/m0/s1. The molecule has 2 amide bonds. The predicted octanol–water partition coefficient (Wildman–Crippen LogP) is 5.87. The second kappa shape index (κ2) is 14.8. The number of ketones is 1. The smallest absolute Gasteiger partial charge is 0.410 e. The Morgan fingerprint density at radius 3 is 2.21 bits per heavy atom. The third-order valence-corrected chi connectivity index (χ3v) is 8.80. The summed E-state index contributed by atoms with van der Waals surface area (Å²) in [5, 5.41) is 3.30. The van der Waals surface area contributed by atoms with Crippen LogP contribution in [0.4, 0.5) is 27.8 Å². The van der Waals surface area contributed by atoms with Crippen LogP contribution in [0.15, 0.2) is 97.1 Å². The molecule has 1 aromatic heterocycles. The number of anilines is 4. The van der Waals surface area contributed by atoms with Crippen molar-refractivity contribution in [1.82, 2.24) is 9.88 Å². The van der Waals surface area contributed by atoms with Gasteiger partial charge in [-0.2, -0.15) is 0 Å². The average Bonchev–Trinajstić information content (AvgIpc) is 3.12. The molecule has 10 nitrogen and oxygen atoms in total. The molecule has 10 heteroatoms. The number of benzene rings is 3. The van der Waals surface area contributed by atoms with E-state index < -0.39 is 5.91 Å². The first-order chi connectivity index (χ1) is 22.9. The second-order valence-electron chi connectivity index (χ2n) is 12.1. The Bertz CT molecular complexity index is 1670. The Kier molecular flexibility index (Phi) is 9.95. The van der Waals surface area contributed by atoms with Crippen molar-refractivity contribution in [3.05, 3.63) is 114 Å². The fourth-order valence-electron chi connectivity index (χ4n) is 6.21. The van der Waals surface area contributed by atoms with Crippen LogP contribution < -0.4 is 20.9 Å². The largest absolute Gasteiger partial charge is 0.445 e. The summed E-state index contributed by atoms with van der Waals surface area (Å²) in [4.78, 5) is 48.7.